The van der Waals surface area contributed by atoms with E-state index in [1.165, 1.54) is 6.92 Å². The molecule has 1 rings (SSSR count). The minimum atomic E-state index is -1.02. The maximum Gasteiger partial charge on any atom is 0.361 e. The molecule has 1 N–H and O–H groups in total. The maximum atomic E-state index is 13.2. The highest BCUT2D eigenvalue weighted by Gasteiger charge is 2.20. The predicted molar refractivity (Wildman–Crippen MR) is 51.3 cm³/mol. The Bertz CT molecular complexity index is 432. The Morgan fingerprint density at radius 3 is 2.75 bits per heavy atom. The molecule has 4 nitrogen and oxygen atoms in total. The Balaban J connectivity index is 3.14. The van der Waals surface area contributed by atoms with Crippen molar-refractivity contribution in [2.24, 2.45) is 5.16 Å². The van der Waals surface area contributed by atoms with Crippen LogP contribution in [0.4, 0.5) is 8.78 Å². The molecule has 0 aromatic heterocycles. The summed E-state index contributed by atoms with van der Waals surface area (Å²) in [6.45, 7) is 1.57. The van der Waals surface area contributed by atoms with Crippen molar-refractivity contribution in [3.8, 4) is 0 Å². The second-order valence-corrected chi connectivity index (χ2v) is 2.79. The van der Waals surface area contributed by atoms with Gasteiger partial charge in [-0.1, -0.05) is 5.16 Å². The Labute approximate surface area is 90.1 Å². The molecular weight excluding hydrogens is 220 g/mol. The second-order valence-electron chi connectivity index (χ2n) is 2.79. The lowest BCUT2D eigenvalue weighted by molar-refractivity contribution is -0.135. The topological polar surface area (TPSA) is 58.9 Å². The molecule has 0 fully saturated rings. The molecule has 0 aliphatic carbocycles. The van der Waals surface area contributed by atoms with Crippen LogP contribution in [0.3, 0.4) is 0 Å². The van der Waals surface area contributed by atoms with Crippen LogP contribution >= 0.6 is 0 Å². The largest absolute Gasteiger partial charge is 0.461 e. The Kier molecular flexibility index (Phi) is 3.93. The lowest BCUT2D eigenvalue weighted by Gasteiger charge is -2.05. The van der Waals surface area contributed by atoms with E-state index in [0.29, 0.717) is 0 Å². The zero-order chi connectivity index (χ0) is 12.1. The van der Waals surface area contributed by atoms with E-state index in [-0.39, 0.29) is 6.61 Å². The minimum absolute atomic E-state index is 0.0365. The van der Waals surface area contributed by atoms with Gasteiger partial charge in [-0.2, -0.15) is 0 Å². The van der Waals surface area contributed by atoms with Gasteiger partial charge in [0.2, 0.25) is 0 Å². The monoisotopic (exact) mass is 229 g/mol. The van der Waals surface area contributed by atoms with Crippen LogP contribution < -0.4 is 0 Å². The van der Waals surface area contributed by atoms with E-state index < -0.39 is 28.9 Å². The summed E-state index contributed by atoms with van der Waals surface area (Å²) in [6, 6.07) is 2.47. The number of hydrogen-bond donors (Lipinski definition) is 1. The van der Waals surface area contributed by atoms with Gasteiger partial charge in [0.1, 0.15) is 11.6 Å². The zero-order valence-electron chi connectivity index (χ0n) is 8.41. The summed E-state index contributed by atoms with van der Waals surface area (Å²) < 4.78 is 30.6. The first-order valence-corrected chi connectivity index (χ1v) is 4.44. The number of carbonyl (C=O) groups excluding carboxylic acids is 1. The first kappa shape index (κ1) is 12.1. The minimum Gasteiger partial charge on any atom is -0.461 e. The third-order valence-corrected chi connectivity index (χ3v) is 1.75. The summed E-state index contributed by atoms with van der Waals surface area (Å²) in [5.41, 5.74) is -1.11. The van der Waals surface area contributed by atoms with Crippen molar-refractivity contribution in [3.05, 3.63) is 35.4 Å². The molecule has 0 aliphatic heterocycles. The molecule has 0 saturated heterocycles. The van der Waals surface area contributed by atoms with E-state index in [2.05, 4.69) is 9.89 Å². The second kappa shape index (κ2) is 5.20. The van der Waals surface area contributed by atoms with Crippen LogP contribution in [0.1, 0.15) is 12.5 Å². The molecule has 0 spiro atoms. The standard InChI is InChI=1S/C10H9F2NO3/c1-2-16-10(14)9(13-15)7-5-6(11)3-4-8(7)12/h3-5,15H,2H2,1H3. The number of oxime groups is 1. The zero-order valence-corrected chi connectivity index (χ0v) is 8.41. The lowest BCUT2D eigenvalue weighted by Crippen LogP contribution is -2.20. The fraction of sp³-hybridized carbons (Fsp3) is 0.200. The molecule has 1 aromatic rings. The van der Waals surface area contributed by atoms with E-state index in [0.717, 1.165) is 18.2 Å². The fourth-order valence-electron chi connectivity index (χ4n) is 1.08. The summed E-state index contributed by atoms with van der Waals surface area (Å²) >= 11 is 0. The SMILES string of the molecule is CCOC(=O)C(=NO)c1cc(F)ccc1F. The van der Waals surface area contributed by atoms with Crippen LogP contribution in [0.15, 0.2) is 23.4 Å². The molecular formula is C10H9F2NO3. The first-order chi connectivity index (χ1) is 7.60. The molecule has 6 heteroatoms. The fourth-order valence-corrected chi connectivity index (χ4v) is 1.08. The van der Waals surface area contributed by atoms with Crippen LogP contribution in [-0.4, -0.2) is 23.5 Å². The van der Waals surface area contributed by atoms with Crippen molar-refractivity contribution in [1.82, 2.24) is 0 Å². The molecule has 0 bridgehead atoms. The first-order valence-electron chi connectivity index (χ1n) is 4.44. The van der Waals surface area contributed by atoms with E-state index in [4.69, 9.17) is 5.21 Å². The van der Waals surface area contributed by atoms with Crippen molar-refractivity contribution in [2.75, 3.05) is 6.61 Å². The Morgan fingerprint density at radius 1 is 1.50 bits per heavy atom. The van der Waals surface area contributed by atoms with Gasteiger partial charge in [-0.25, -0.2) is 13.6 Å². The Hall–Kier alpha value is -1.98. The normalized spacial score (nSPS) is 11.3. The summed E-state index contributed by atoms with van der Waals surface area (Å²) in [7, 11) is 0. The molecule has 0 radical (unpaired) electrons. The number of esters is 1. The molecule has 0 saturated carbocycles. The number of benzene rings is 1. The molecule has 0 unspecified atom stereocenters. The number of carbonyl (C=O) groups is 1. The van der Waals surface area contributed by atoms with Crippen molar-refractivity contribution in [1.29, 1.82) is 0 Å². The van der Waals surface area contributed by atoms with E-state index in [1.807, 2.05) is 0 Å². The molecule has 1 aromatic carbocycles. The van der Waals surface area contributed by atoms with Gasteiger partial charge in [0.15, 0.2) is 5.71 Å². The molecule has 0 heterocycles. The highest BCUT2D eigenvalue weighted by Crippen LogP contribution is 2.11. The third-order valence-electron chi connectivity index (χ3n) is 1.75. The van der Waals surface area contributed by atoms with Crippen LogP contribution in [0.25, 0.3) is 0 Å². The molecule has 16 heavy (non-hydrogen) atoms. The van der Waals surface area contributed by atoms with Crippen LogP contribution in [0.2, 0.25) is 0 Å². The number of hydrogen-bond acceptors (Lipinski definition) is 4. The molecule has 0 amide bonds. The number of ether oxygens (including phenoxy) is 1. The van der Waals surface area contributed by atoms with Gasteiger partial charge in [0.05, 0.1) is 6.61 Å². The Morgan fingerprint density at radius 2 is 2.19 bits per heavy atom. The smallest absolute Gasteiger partial charge is 0.361 e. The lowest BCUT2D eigenvalue weighted by atomic mass is 10.1. The van der Waals surface area contributed by atoms with Gasteiger partial charge >= 0.3 is 5.97 Å². The van der Waals surface area contributed by atoms with E-state index in [1.54, 1.807) is 0 Å². The van der Waals surface area contributed by atoms with Crippen molar-refractivity contribution in [2.45, 2.75) is 6.92 Å². The summed E-state index contributed by atoms with van der Waals surface area (Å²) in [5, 5.41) is 11.2. The van der Waals surface area contributed by atoms with Gasteiger partial charge in [-0.05, 0) is 25.1 Å². The van der Waals surface area contributed by atoms with Gasteiger partial charge in [-0.3, -0.25) is 0 Å². The maximum absolute atomic E-state index is 13.2. The molecule has 0 atom stereocenters. The molecule has 0 aliphatic rings. The van der Waals surface area contributed by atoms with E-state index in [9.17, 15) is 13.6 Å². The van der Waals surface area contributed by atoms with Gasteiger partial charge < -0.3 is 9.94 Å². The molecule has 86 valence electrons. The van der Waals surface area contributed by atoms with Crippen molar-refractivity contribution in [3.63, 3.8) is 0 Å². The third kappa shape index (κ3) is 2.53. The van der Waals surface area contributed by atoms with Crippen molar-refractivity contribution >= 4 is 11.7 Å². The quantitative estimate of drug-likeness (QED) is 0.371. The number of rotatable bonds is 3. The summed E-state index contributed by atoms with van der Waals surface area (Å²) in [4.78, 5) is 11.2. The summed E-state index contributed by atoms with van der Waals surface area (Å²) in [6.07, 6.45) is 0. The predicted octanol–water partition coefficient (Wildman–Crippen LogP) is 1.71. The van der Waals surface area contributed by atoms with Gasteiger partial charge in [-0.15, -0.1) is 0 Å². The van der Waals surface area contributed by atoms with Crippen LogP contribution in [-0.2, 0) is 9.53 Å². The highest BCUT2D eigenvalue weighted by molar-refractivity contribution is 6.43. The van der Waals surface area contributed by atoms with Gasteiger partial charge in [0.25, 0.3) is 0 Å². The summed E-state index contributed by atoms with van der Waals surface area (Å²) in [5.74, 6) is -2.64. The number of halogens is 2. The van der Waals surface area contributed by atoms with Gasteiger partial charge in [0, 0.05) is 5.56 Å². The highest BCUT2D eigenvalue weighted by atomic mass is 19.1. The average Bonchev–Trinajstić information content (AvgIpc) is 2.24. The van der Waals surface area contributed by atoms with Crippen LogP contribution in [0, 0.1) is 11.6 Å². The number of nitrogens with zero attached hydrogens (tertiary/aromatic N) is 1. The average molecular weight is 229 g/mol. The van der Waals surface area contributed by atoms with Crippen LogP contribution in [0.5, 0.6) is 0 Å². The van der Waals surface area contributed by atoms with E-state index >= 15 is 0 Å². The van der Waals surface area contributed by atoms with Crippen molar-refractivity contribution < 1.29 is 23.5 Å².